The average molecular weight is 683 g/mol. The van der Waals surface area contributed by atoms with Crippen molar-refractivity contribution in [1.82, 2.24) is 60.3 Å². The van der Waals surface area contributed by atoms with Gasteiger partial charge in [-0.2, -0.15) is 10.2 Å². The number of nitrogens with zero attached hydrogens (tertiary/aromatic N) is 10. The number of hydrogen-bond acceptors (Lipinski definition) is 14. The second-order valence-electron chi connectivity index (χ2n) is 11.5. The predicted molar refractivity (Wildman–Crippen MR) is 180 cm³/mol. The minimum atomic E-state index is -0.600. The van der Waals surface area contributed by atoms with E-state index in [9.17, 15) is 9.59 Å². The molecule has 0 fully saturated rings. The number of aromatic amines is 2. The molecule has 0 unspecified atom stereocenters. The van der Waals surface area contributed by atoms with E-state index in [1.807, 2.05) is 48.6 Å². The summed E-state index contributed by atoms with van der Waals surface area (Å²) < 4.78 is 9.86. The zero-order valence-corrected chi connectivity index (χ0v) is 27.5. The maximum atomic E-state index is 12.1. The topological polar surface area (TPSA) is 213 Å². The molecule has 0 amide bonds. The van der Waals surface area contributed by atoms with Crippen molar-refractivity contribution in [2.45, 2.75) is 30.6 Å². The van der Waals surface area contributed by atoms with Gasteiger partial charge in [0, 0.05) is 60.1 Å². The lowest BCUT2D eigenvalue weighted by atomic mass is 9.73. The predicted octanol–water partition coefficient (Wildman–Crippen LogP) is 3.05. The maximum Gasteiger partial charge on any atom is 0.359 e. The van der Waals surface area contributed by atoms with Crippen LogP contribution in [0.3, 0.4) is 0 Å². The van der Waals surface area contributed by atoms with Crippen molar-refractivity contribution in [3.63, 3.8) is 0 Å². The number of methoxy groups -OCH3 is 1. The lowest BCUT2D eigenvalue weighted by molar-refractivity contribution is 0.0518. The van der Waals surface area contributed by atoms with Crippen molar-refractivity contribution in [2.75, 3.05) is 13.7 Å². The minimum Gasteiger partial charge on any atom is -0.464 e. The van der Waals surface area contributed by atoms with Crippen LogP contribution < -0.4 is 0 Å². The summed E-state index contributed by atoms with van der Waals surface area (Å²) in [5.41, 5.74) is 5.69. The van der Waals surface area contributed by atoms with E-state index in [0.29, 0.717) is 19.4 Å². The van der Waals surface area contributed by atoms with E-state index in [4.69, 9.17) is 9.47 Å². The molecular formula is C35H30N12O4. The van der Waals surface area contributed by atoms with E-state index in [0.717, 1.165) is 45.3 Å². The summed E-state index contributed by atoms with van der Waals surface area (Å²) >= 11 is 0. The highest BCUT2D eigenvalue weighted by atomic mass is 16.5. The fourth-order valence-corrected chi connectivity index (χ4v) is 6.32. The normalized spacial score (nSPS) is 14.7. The van der Waals surface area contributed by atoms with Gasteiger partial charge in [-0.15, -0.1) is 0 Å². The van der Waals surface area contributed by atoms with Crippen LogP contribution in [-0.4, -0.2) is 85.9 Å². The Balaban J connectivity index is 0.000000159. The number of fused-ring (bicyclic) bond motifs is 2. The Kier molecular flexibility index (Phi) is 8.94. The number of hydrogen-bond donors (Lipinski definition) is 2. The van der Waals surface area contributed by atoms with Crippen LogP contribution in [0.4, 0.5) is 0 Å². The summed E-state index contributed by atoms with van der Waals surface area (Å²) in [6, 6.07) is 7.43. The minimum absolute atomic E-state index is 0.271. The number of ether oxygens (including phenoxy) is 2. The van der Waals surface area contributed by atoms with Gasteiger partial charge in [0.25, 0.3) is 0 Å². The molecule has 2 aliphatic rings. The van der Waals surface area contributed by atoms with Gasteiger partial charge in [0.2, 0.25) is 0 Å². The van der Waals surface area contributed by atoms with Gasteiger partial charge in [0.05, 0.1) is 47.3 Å². The standard InChI is InChI=1S/C18H16N6O2.C17H14N6O2/c1-2-26-17(25)16-12-3-6-18(9-13(12)23-24-16,14-4-7-19-10-21-14)15-5-8-20-11-22-15;1-25-16(24)15-11-2-5-17(8-12(11)22-23-15,13-3-6-18-9-20-13)14-4-7-19-10-21-14/h3-8,10-11H,2,9H2,1H3,(H,23,24);2-7,9-10H,8H2,1H3,(H,22,23). The van der Waals surface area contributed by atoms with E-state index in [-0.39, 0.29) is 11.4 Å². The van der Waals surface area contributed by atoms with Crippen molar-refractivity contribution in [3.8, 4) is 0 Å². The highest BCUT2D eigenvalue weighted by molar-refractivity contribution is 5.93. The molecule has 6 aromatic heterocycles. The van der Waals surface area contributed by atoms with Crippen molar-refractivity contribution < 1.29 is 19.1 Å². The number of esters is 2. The molecule has 16 nitrogen and oxygen atoms in total. The Morgan fingerprint density at radius 1 is 0.647 bits per heavy atom. The van der Waals surface area contributed by atoms with Gasteiger partial charge in [0.15, 0.2) is 11.4 Å². The molecule has 6 heterocycles. The number of carbonyl (C=O) groups is 2. The van der Waals surface area contributed by atoms with Gasteiger partial charge < -0.3 is 9.47 Å². The first kappa shape index (κ1) is 32.7. The fourth-order valence-electron chi connectivity index (χ4n) is 6.32. The van der Waals surface area contributed by atoms with Crippen LogP contribution in [-0.2, 0) is 33.1 Å². The highest BCUT2D eigenvalue weighted by Crippen LogP contribution is 2.41. The van der Waals surface area contributed by atoms with Crippen LogP contribution >= 0.6 is 0 Å². The van der Waals surface area contributed by atoms with Gasteiger partial charge >= 0.3 is 11.9 Å². The van der Waals surface area contributed by atoms with E-state index in [1.54, 1.807) is 31.7 Å². The zero-order valence-electron chi connectivity index (χ0n) is 27.5. The zero-order chi connectivity index (χ0) is 35.3. The molecule has 6 aromatic rings. The quantitative estimate of drug-likeness (QED) is 0.232. The summed E-state index contributed by atoms with van der Waals surface area (Å²) in [5, 5.41) is 14.2. The van der Waals surface area contributed by atoms with Crippen LogP contribution in [0, 0.1) is 0 Å². The molecule has 0 bridgehead atoms. The molecule has 0 aliphatic heterocycles. The number of allylic oxidation sites excluding steroid dienone is 2. The van der Waals surface area contributed by atoms with E-state index in [1.165, 1.54) is 32.4 Å². The second kappa shape index (κ2) is 13.9. The van der Waals surface area contributed by atoms with E-state index < -0.39 is 22.8 Å². The van der Waals surface area contributed by atoms with Crippen LogP contribution in [0.2, 0.25) is 0 Å². The van der Waals surface area contributed by atoms with E-state index in [2.05, 4.69) is 60.3 Å². The van der Waals surface area contributed by atoms with Gasteiger partial charge in [-0.25, -0.2) is 49.5 Å². The lowest BCUT2D eigenvalue weighted by Crippen LogP contribution is -2.32. The molecule has 0 saturated carbocycles. The van der Waals surface area contributed by atoms with Crippen molar-refractivity contribution in [1.29, 1.82) is 0 Å². The smallest absolute Gasteiger partial charge is 0.359 e. The molecule has 0 radical (unpaired) electrons. The van der Waals surface area contributed by atoms with Gasteiger partial charge in [0.1, 0.15) is 25.3 Å². The van der Waals surface area contributed by atoms with Crippen molar-refractivity contribution in [2.24, 2.45) is 0 Å². The Morgan fingerprint density at radius 3 is 1.37 bits per heavy atom. The lowest BCUT2D eigenvalue weighted by Gasteiger charge is -2.31. The first-order chi connectivity index (χ1) is 25.0. The molecule has 2 N–H and O–H groups in total. The summed E-state index contributed by atoms with van der Waals surface area (Å²) in [6.07, 6.45) is 21.6. The third-order valence-electron chi connectivity index (χ3n) is 8.75. The van der Waals surface area contributed by atoms with Crippen LogP contribution in [0.25, 0.3) is 12.2 Å². The fraction of sp³-hybridized carbons (Fsp3) is 0.200. The summed E-state index contributed by atoms with van der Waals surface area (Å²) in [7, 11) is 1.34. The molecule has 2 aliphatic carbocycles. The first-order valence-electron chi connectivity index (χ1n) is 15.8. The van der Waals surface area contributed by atoms with Crippen molar-refractivity contribution >= 4 is 24.1 Å². The summed E-state index contributed by atoms with van der Waals surface area (Å²) in [4.78, 5) is 57.7. The highest BCUT2D eigenvalue weighted by Gasteiger charge is 2.41. The van der Waals surface area contributed by atoms with Crippen molar-refractivity contribution in [3.05, 3.63) is 143 Å². The first-order valence-corrected chi connectivity index (χ1v) is 15.8. The summed E-state index contributed by atoms with van der Waals surface area (Å²) in [5.74, 6) is -0.912. The largest absolute Gasteiger partial charge is 0.464 e. The van der Waals surface area contributed by atoms with Gasteiger partial charge in [-0.05, 0) is 31.2 Å². The van der Waals surface area contributed by atoms with Gasteiger partial charge in [-0.1, -0.05) is 24.3 Å². The number of nitrogens with one attached hydrogen (secondary N) is 2. The van der Waals surface area contributed by atoms with Crippen LogP contribution in [0.15, 0.2) is 86.5 Å². The molecule has 51 heavy (non-hydrogen) atoms. The molecule has 16 heteroatoms. The Hall–Kier alpha value is -6.84. The third-order valence-corrected chi connectivity index (χ3v) is 8.75. The van der Waals surface area contributed by atoms with Gasteiger partial charge in [-0.3, -0.25) is 10.2 Å². The monoisotopic (exact) mass is 682 g/mol. The summed E-state index contributed by atoms with van der Waals surface area (Å²) in [6.45, 7) is 2.07. The molecule has 0 aromatic carbocycles. The molecule has 0 atom stereocenters. The SMILES string of the molecule is CCOC(=O)c1n[nH]c2c1C=CC(c1ccncn1)(c1ccncn1)C2.COC(=O)c1n[nH]c2c1C=CC(c1ccncn1)(c1ccncn1)C2. The Bertz CT molecular complexity index is 2130. The number of rotatable bonds is 7. The molecule has 0 spiro atoms. The molecular weight excluding hydrogens is 652 g/mol. The van der Waals surface area contributed by atoms with E-state index >= 15 is 0 Å². The number of aromatic nitrogens is 12. The third kappa shape index (κ3) is 6.03. The van der Waals surface area contributed by atoms with Crippen LogP contribution in [0.5, 0.6) is 0 Å². The maximum absolute atomic E-state index is 12.1. The number of H-pyrrole nitrogens is 2. The average Bonchev–Trinajstić information content (AvgIpc) is 3.83. The Morgan fingerprint density at radius 2 is 1.04 bits per heavy atom. The molecule has 8 rings (SSSR count). The molecule has 254 valence electrons. The van der Waals surface area contributed by atoms with Crippen LogP contribution in [0.1, 0.15) is 73.2 Å². The number of carbonyl (C=O) groups excluding carboxylic acids is 2. The Labute approximate surface area is 290 Å². The second-order valence-corrected chi connectivity index (χ2v) is 11.5. The molecule has 0 saturated heterocycles.